The number of hydrogen-bond donors (Lipinski definition) is 1. The van der Waals surface area contributed by atoms with Crippen LogP contribution in [-0.4, -0.2) is 23.2 Å². The summed E-state index contributed by atoms with van der Waals surface area (Å²) in [4.78, 5) is 6.27. The minimum absolute atomic E-state index is 0.188. The molecule has 1 N–H and O–H groups in total. The molecule has 4 heteroatoms. The van der Waals surface area contributed by atoms with Gasteiger partial charge in [0, 0.05) is 18.7 Å². The smallest absolute Gasteiger partial charge is 0.142 e. The van der Waals surface area contributed by atoms with Crippen LogP contribution in [0.1, 0.15) is 33.3 Å². The number of rotatable bonds is 6. The van der Waals surface area contributed by atoms with Gasteiger partial charge in [-0.15, -0.1) is 0 Å². The van der Waals surface area contributed by atoms with Crippen molar-refractivity contribution in [3.8, 4) is 0 Å². The lowest BCUT2D eigenvalue weighted by Crippen LogP contribution is -2.33. The molecule has 1 aromatic heterocycles. The van der Waals surface area contributed by atoms with E-state index in [0.717, 1.165) is 13.1 Å². The quantitative estimate of drug-likeness (QED) is 0.848. The first-order valence-electron chi connectivity index (χ1n) is 6.44. The molecule has 1 heterocycles. The lowest BCUT2D eigenvalue weighted by atomic mass is 10.1. The number of nitrogens with zero attached hydrogens (tertiary/aromatic N) is 2. The first kappa shape index (κ1) is 14.9. The predicted octanol–water partition coefficient (Wildman–Crippen LogP) is 2.83. The van der Waals surface area contributed by atoms with Gasteiger partial charge in [-0.05, 0) is 17.9 Å². The van der Waals surface area contributed by atoms with Crippen LogP contribution >= 0.6 is 0 Å². The standard InChI is InChI=1S/C14H23FN2O/c1-10(2)7-17(8-11(3)4)14-12(9-18)5-13(15)6-16-14/h5-6,10-11,18H,7-9H2,1-4H3. The van der Waals surface area contributed by atoms with Crippen molar-refractivity contribution in [3.63, 3.8) is 0 Å². The number of pyridine rings is 1. The third kappa shape index (κ3) is 4.26. The Morgan fingerprint density at radius 3 is 2.22 bits per heavy atom. The molecule has 0 amide bonds. The van der Waals surface area contributed by atoms with Crippen LogP contribution in [-0.2, 0) is 6.61 Å². The Bertz CT molecular complexity index is 370. The number of aliphatic hydroxyl groups excluding tert-OH is 1. The first-order valence-corrected chi connectivity index (χ1v) is 6.44. The summed E-state index contributed by atoms with van der Waals surface area (Å²) in [6.07, 6.45) is 1.21. The molecule has 0 saturated heterocycles. The van der Waals surface area contributed by atoms with Gasteiger partial charge in [-0.3, -0.25) is 0 Å². The fourth-order valence-corrected chi connectivity index (χ4v) is 2.00. The number of halogens is 1. The van der Waals surface area contributed by atoms with Crippen LogP contribution < -0.4 is 4.90 Å². The molecular weight excluding hydrogens is 231 g/mol. The van der Waals surface area contributed by atoms with Crippen molar-refractivity contribution in [3.05, 3.63) is 23.6 Å². The second-order valence-corrected chi connectivity index (χ2v) is 5.49. The fourth-order valence-electron chi connectivity index (χ4n) is 2.00. The van der Waals surface area contributed by atoms with E-state index in [9.17, 15) is 9.50 Å². The van der Waals surface area contributed by atoms with Gasteiger partial charge in [0.15, 0.2) is 0 Å². The molecule has 0 aliphatic rings. The van der Waals surface area contributed by atoms with Gasteiger partial charge in [-0.2, -0.15) is 0 Å². The van der Waals surface area contributed by atoms with Gasteiger partial charge in [-0.1, -0.05) is 27.7 Å². The van der Waals surface area contributed by atoms with Gasteiger partial charge in [0.2, 0.25) is 0 Å². The van der Waals surface area contributed by atoms with Gasteiger partial charge in [0.05, 0.1) is 12.8 Å². The maximum atomic E-state index is 13.1. The summed E-state index contributed by atoms with van der Waals surface area (Å²) in [7, 11) is 0. The number of anilines is 1. The van der Waals surface area contributed by atoms with Crippen molar-refractivity contribution in [2.24, 2.45) is 11.8 Å². The van der Waals surface area contributed by atoms with E-state index in [4.69, 9.17) is 0 Å². The lowest BCUT2D eigenvalue weighted by Gasteiger charge is -2.28. The zero-order chi connectivity index (χ0) is 13.7. The van der Waals surface area contributed by atoms with E-state index in [1.807, 2.05) is 0 Å². The first-order chi connectivity index (χ1) is 8.43. The number of aliphatic hydroxyl groups is 1. The molecule has 0 aromatic carbocycles. The van der Waals surface area contributed by atoms with E-state index in [1.54, 1.807) is 0 Å². The summed E-state index contributed by atoms with van der Waals surface area (Å²) in [6.45, 7) is 10.1. The highest BCUT2D eigenvalue weighted by molar-refractivity contribution is 5.46. The molecule has 0 fully saturated rings. The summed E-state index contributed by atoms with van der Waals surface area (Å²) in [5.41, 5.74) is 0.552. The molecule has 0 atom stereocenters. The molecular formula is C14H23FN2O. The Hall–Kier alpha value is -1.16. The Morgan fingerprint density at radius 1 is 1.22 bits per heavy atom. The van der Waals surface area contributed by atoms with E-state index >= 15 is 0 Å². The molecule has 0 spiro atoms. The zero-order valence-corrected chi connectivity index (χ0v) is 11.7. The van der Waals surface area contributed by atoms with Crippen molar-refractivity contribution in [1.82, 2.24) is 4.98 Å². The summed E-state index contributed by atoms with van der Waals surface area (Å²) in [6, 6.07) is 1.36. The van der Waals surface area contributed by atoms with E-state index in [-0.39, 0.29) is 6.61 Å². The third-order valence-electron chi connectivity index (χ3n) is 2.55. The van der Waals surface area contributed by atoms with Crippen LogP contribution in [0, 0.1) is 17.7 Å². The lowest BCUT2D eigenvalue weighted by molar-refractivity contribution is 0.280. The zero-order valence-electron chi connectivity index (χ0n) is 11.7. The minimum atomic E-state index is -0.406. The Morgan fingerprint density at radius 2 is 1.78 bits per heavy atom. The molecule has 102 valence electrons. The van der Waals surface area contributed by atoms with E-state index in [1.165, 1.54) is 12.3 Å². The molecule has 0 unspecified atom stereocenters. The van der Waals surface area contributed by atoms with Gasteiger partial charge in [0.1, 0.15) is 11.6 Å². The minimum Gasteiger partial charge on any atom is -0.392 e. The normalized spacial score (nSPS) is 11.3. The Balaban J connectivity index is 3.03. The fraction of sp³-hybridized carbons (Fsp3) is 0.643. The average molecular weight is 254 g/mol. The molecule has 1 aromatic rings. The van der Waals surface area contributed by atoms with Gasteiger partial charge in [0.25, 0.3) is 0 Å². The van der Waals surface area contributed by atoms with Crippen LogP contribution in [0.25, 0.3) is 0 Å². The van der Waals surface area contributed by atoms with Crippen molar-refractivity contribution >= 4 is 5.82 Å². The Labute approximate surface area is 109 Å². The molecule has 0 aliphatic carbocycles. The Kier molecular flexibility index (Phi) is 5.54. The molecule has 18 heavy (non-hydrogen) atoms. The maximum absolute atomic E-state index is 13.1. The molecule has 0 aliphatic heterocycles. The van der Waals surface area contributed by atoms with Crippen LogP contribution in [0.3, 0.4) is 0 Å². The highest BCUT2D eigenvalue weighted by atomic mass is 19.1. The van der Waals surface area contributed by atoms with Crippen LogP contribution in [0.4, 0.5) is 10.2 Å². The highest BCUT2D eigenvalue weighted by Crippen LogP contribution is 2.21. The van der Waals surface area contributed by atoms with Gasteiger partial charge < -0.3 is 10.0 Å². The highest BCUT2D eigenvalue weighted by Gasteiger charge is 2.15. The van der Waals surface area contributed by atoms with Crippen LogP contribution in [0.15, 0.2) is 12.3 Å². The summed E-state index contributed by atoms with van der Waals surface area (Å²) < 4.78 is 13.1. The van der Waals surface area contributed by atoms with Crippen LogP contribution in [0.5, 0.6) is 0 Å². The topological polar surface area (TPSA) is 36.4 Å². The summed E-state index contributed by atoms with van der Waals surface area (Å²) in [5.74, 6) is 1.27. The molecule has 0 saturated carbocycles. The maximum Gasteiger partial charge on any atom is 0.142 e. The largest absolute Gasteiger partial charge is 0.392 e. The van der Waals surface area contributed by atoms with Crippen molar-refractivity contribution in [2.75, 3.05) is 18.0 Å². The third-order valence-corrected chi connectivity index (χ3v) is 2.55. The molecule has 0 bridgehead atoms. The van der Waals surface area contributed by atoms with Crippen molar-refractivity contribution in [1.29, 1.82) is 0 Å². The van der Waals surface area contributed by atoms with Gasteiger partial charge in [-0.25, -0.2) is 9.37 Å². The van der Waals surface area contributed by atoms with E-state index in [0.29, 0.717) is 23.2 Å². The van der Waals surface area contributed by atoms with Crippen LogP contribution in [0.2, 0.25) is 0 Å². The number of aromatic nitrogens is 1. The molecule has 1 rings (SSSR count). The predicted molar refractivity (Wildman–Crippen MR) is 72.0 cm³/mol. The summed E-state index contributed by atoms with van der Waals surface area (Å²) in [5, 5.41) is 9.33. The van der Waals surface area contributed by atoms with Crippen molar-refractivity contribution in [2.45, 2.75) is 34.3 Å². The molecule has 3 nitrogen and oxygen atoms in total. The molecule has 0 radical (unpaired) electrons. The second kappa shape index (κ2) is 6.69. The van der Waals surface area contributed by atoms with Gasteiger partial charge >= 0.3 is 0 Å². The average Bonchev–Trinajstić information content (AvgIpc) is 2.26. The number of hydrogen-bond acceptors (Lipinski definition) is 3. The van der Waals surface area contributed by atoms with Crippen molar-refractivity contribution < 1.29 is 9.50 Å². The monoisotopic (exact) mass is 254 g/mol. The SMILES string of the molecule is CC(C)CN(CC(C)C)c1ncc(F)cc1CO. The van der Waals surface area contributed by atoms with E-state index in [2.05, 4.69) is 37.6 Å². The summed E-state index contributed by atoms with van der Waals surface area (Å²) >= 11 is 0. The van der Waals surface area contributed by atoms with E-state index < -0.39 is 5.82 Å². The second-order valence-electron chi connectivity index (χ2n) is 5.49.